The molecule has 0 aliphatic rings. The Morgan fingerprint density at radius 2 is 1.91 bits per heavy atom. The van der Waals surface area contributed by atoms with E-state index in [1.807, 2.05) is 0 Å². The molecule has 0 fully saturated rings. The third kappa shape index (κ3) is 5.74. The van der Waals surface area contributed by atoms with E-state index in [-0.39, 0.29) is 11.6 Å². The summed E-state index contributed by atoms with van der Waals surface area (Å²) in [6.07, 6.45) is -2.20. The predicted molar refractivity (Wildman–Crippen MR) is 74.0 cm³/mol. The molecule has 0 aliphatic carbocycles. The molecule has 1 heterocycles. The monoisotopic (exact) mass is 320 g/mol. The van der Waals surface area contributed by atoms with Crippen molar-refractivity contribution in [2.75, 3.05) is 5.32 Å². The number of alkyl halides is 3. The second-order valence-corrected chi connectivity index (χ2v) is 5.98. The Hall–Kier alpha value is -2.06. The molecule has 0 bridgehead atoms. The van der Waals surface area contributed by atoms with E-state index in [1.165, 1.54) is 6.92 Å². The van der Waals surface area contributed by atoms with Gasteiger partial charge in [-0.1, -0.05) is 20.8 Å². The van der Waals surface area contributed by atoms with Crippen molar-refractivity contribution in [1.82, 2.24) is 15.1 Å². The van der Waals surface area contributed by atoms with Crippen molar-refractivity contribution < 1.29 is 22.8 Å². The number of carbonyl (C=O) groups is 2. The first-order valence-electron chi connectivity index (χ1n) is 6.59. The zero-order valence-corrected chi connectivity index (χ0v) is 12.8. The fourth-order valence-corrected chi connectivity index (χ4v) is 1.43. The van der Waals surface area contributed by atoms with Gasteiger partial charge in [0.05, 0.1) is 11.9 Å². The Morgan fingerprint density at radius 3 is 2.41 bits per heavy atom. The van der Waals surface area contributed by atoms with Gasteiger partial charge in [0.1, 0.15) is 12.6 Å². The molecule has 22 heavy (non-hydrogen) atoms. The molecular weight excluding hydrogens is 301 g/mol. The van der Waals surface area contributed by atoms with Crippen LogP contribution in [0.1, 0.15) is 27.7 Å². The molecule has 1 aromatic rings. The highest BCUT2D eigenvalue weighted by Gasteiger charge is 2.29. The molecule has 0 saturated carbocycles. The smallest absolute Gasteiger partial charge is 0.344 e. The normalized spacial score (nSPS) is 13.6. The summed E-state index contributed by atoms with van der Waals surface area (Å²) in [5.74, 6) is -0.841. The molecule has 0 unspecified atom stereocenters. The molecule has 1 atom stereocenters. The van der Waals surface area contributed by atoms with Gasteiger partial charge >= 0.3 is 6.18 Å². The molecule has 0 aromatic carbocycles. The fourth-order valence-electron chi connectivity index (χ4n) is 1.43. The topological polar surface area (TPSA) is 76.0 Å². The molecule has 1 aromatic heterocycles. The Kier molecular flexibility index (Phi) is 5.21. The van der Waals surface area contributed by atoms with Crippen LogP contribution in [-0.2, 0) is 16.1 Å². The van der Waals surface area contributed by atoms with Gasteiger partial charge in [-0.15, -0.1) is 0 Å². The van der Waals surface area contributed by atoms with E-state index in [9.17, 15) is 22.8 Å². The summed E-state index contributed by atoms with van der Waals surface area (Å²) in [5, 5.41) is 8.44. The van der Waals surface area contributed by atoms with E-state index in [1.54, 1.807) is 20.8 Å². The first-order chi connectivity index (χ1) is 9.88. The van der Waals surface area contributed by atoms with Crippen LogP contribution < -0.4 is 10.6 Å². The average Bonchev–Trinajstić information content (AvgIpc) is 2.72. The number of hydrogen-bond donors (Lipinski definition) is 2. The summed E-state index contributed by atoms with van der Waals surface area (Å²) >= 11 is 0. The van der Waals surface area contributed by atoms with Crippen LogP contribution in [0, 0.1) is 5.41 Å². The minimum Gasteiger partial charge on any atom is -0.344 e. The molecule has 2 N–H and O–H groups in total. The van der Waals surface area contributed by atoms with Gasteiger partial charge < -0.3 is 10.6 Å². The quantitative estimate of drug-likeness (QED) is 0.890. The number of halogens is 3. The number of rotatable bonds is 4. The summed E-state index contributed by atoms with van der Waals surface area (Å²) in [5.41, 5.74) is -0.516. The van der Waals surface area contributed by atoms with E-state index in [4.69, 9.17) is 0 Å². The SMILES string of the molecule is C[C@H](NC(=O)C(C)(C)C)C(=O)Nc1cnn(CC(F)(F)F)c1. The summed E-state index contributed by atoms with van der Waals surface area (Å²) < 4.78 is 37.3. The van der Waals surface area contributed by atoms with Gasteiger partial charge in [-0.2, -0.15) is 18.3 Å². The van der Waals surface area contributed by atoms with E-state index in [0.29, 0.717) is 4.68 Å². The van der Waals surface area contributed by atoms with Crippen LogP contribution in [0.3, 0.4) is 0 Å². The predicted octanol–water partition coefficient (Wildman–Crippen LogP) is 1.93. The van der Waals surface area contributed by atoms with Crippen LogP contribution in [0.15, 0.2) is 12.4 Å². The molecule has 9 heteroatoms. The lowest BCUT2D eigenvalue weighted by Gasteiger charge is -2.21. The Labute approximate surface area is 126 Å². The molecule has 0 spiro atoms. The van der Waals surface area contributed by atoms with E-state index < -0.39 is 30.1 Å². The maximum atomic E-state index is 12.2. The highest BCUT2D eigenvalue weighted by molar-refractivity contribution is 5.97. The standard InChI is InChI=1S/C13H19F3N4O2/c1-8(18-11(22)12(2,3)4)10(21)19-9-5-17-20(6-9)7-13(14,15)16/h5-6,8H,7H2,1-4H3,(H,18,22)(H,19,21)/t8-/m0/s1. The second-order valence-electron chi connectivity index (χ2n) is 5.98. The highest BCUT2D eigenvalue weighted by Crippen LogP contribution is 2.18. The van der Waals surface area contributed by atoms with Gasteiger partial charge in [0, 0.05) is 11.6 Å². The van der Waals surface area contributed by atoms with Crippen LogP contribution in [-0.4, -0.2) is 33.8 Å². The van der Waals surface area contributed by atoms with Gasteiger partial charge in [-0.25, -0.2) is 0 Å². The number of aromatic nitrogens is 2. The third-order valence-corrected chi connectivity index (χ3v) is 2.66. The van der Waals surface area contributed by atoms with Crippen molar-refractivity contribution in [2.45, 2.75) is 46.5 Å². The molecule has 2 amide bonds. The first-order valence-corrected chi connectivity index (χ1v) is 6.59. The van der Waals surface area contributed by atoms with E-state index in [0.717, 1.165) is 12.4 Å². The van der Waals surface area contributed by atoms with Gasteiger partial charge in [-0.05, 0) is 6.92 Å². The minimum absolute atomic E-state index is 0.131. The summed E-state index contributed by atoms with van der Waals surface area (Å²) in [6, 6.07) is -0.822. The molecule has 0 aliphatic heterocycles. The third-order valence-electron chi connectivity index (χ3n) is 2.66. The van der Waals surface area contributed by atoms with E-state index in [2.05, 4.69) is 15.7 Å². The fraction of sp³-hybridized carbons (Fsp3) is 0.615. The van der Waals surface area contributed by atoms with Crippen molar-refractivity contribution in [1.29, 1.82) is 0 Å². The summed E-state index contributed by atoms with van der Waals surface area (Å²) in [7, 11) is 0. The minimum atomic E-state index is -4.39. The van der Waals surface area contributed by atoms with Crippen molar-refractivity contribution in [3.05, 3.63) is 12.4 Å². The van der Waals surface area contributed by atoms with Crippen molar-refractivity contribution in [3.8, 4) is 0 Å². The van der Waals surface area contributed by atoms with Crippen molar-refractivity contribution >= 4 is 17.5 Å². The molecule has 1 rings (SSSR count). The Balaban J connectivity index is 2.60. The number of hydrogen-bond acceptors (Lipinski definition) is 3. The lowest BCUT2D eigenvalue weighted by atomic mass is 9.95. The van der Waals surface area contributed by atoms with Crippen molar-refractivity contribution in [2.24, 2.45) is 5.41 Å². The summed E-state index contributed by atoms with van der Waals surface area (Å²) in [4.78, 5) is 23.6. The van der Waals surface area contributed by atoms with Crippen molar-refractivity contribution in [3.63, 3.8) is 0 Å². The number of nitrogens with zero attached hydrogens (tertiary/aromatic N) is 2. The molecule has 0 saturated heterocycles. The van der Waals surface area contributed by atoms with Gasteiger partial charge in [-0.3, -0.25) is 14.3 Å². The van der Waals surface area contributed by atoms with Crippen LogP contribution >= 0.6 is 0 Å². The lowest BCUT2D eigenvalue weighted by molar-refractivity contribution is -0.142. The van der Waals surface area contributed by atoms with Crippen LogP contribution in [0.5, 0.6) is 0 Å². The molecule has 0 radical (unpaired) electrons. The Bertz CT molecular complexity index is 546. The van der Waals surface area contributed by atoms with Crippen LogP contribution in [0.25, 0.3) is 0 Å². The zero-order valence-electron chi connectivity index (χ0n) is 12.8. The van der Waals surface area contributed by atoms with E-state index >= 15 is 0 Å². The van der Waals surface area contributed by atoms with Gasteiger partial charge in [0.2, 0.25) is 11.8 Å². The zero-order chi connectivity index (χ0) is 17.1. The number of carbonyl (C=O) groups excluding carboxylic acids is 2. The molecule has 124 valence electrons. The maximum Gasteiger partial charge on any atom is 0.408 e. The van der Waals surface area contributed by atoms with Crippen LogP contribution in [0.2, 0.25) is 0 Å². The largest absolute Gasteiger partial charge is 0.408 e. The maximum absolute atomic E-state index is 12.2. The number of nitrogens with one attached hydrogen (secondary N) is 2. The molecular formula is C13H19F3N4O2. The second kappa shape index (κ2) is 6.37. The lowest BCUT2D eigenvalue weighted by Crippen LogP contribution is -2.46. The van der Waals surface area contributed by atoms with Gasteiger partial charge in [0.25, 0.3) is 0 Å². The molecule has 6 nitrogen and oxygen atoms in total. The number of anilines is 1. The first kappa shape index (κ1) is 18.0. The number of amides is 2. The average molecular weight is 320 g/mol. The summed E-state index contributed by atoms with van der Waals surface area (Å²) in [6.45, 7) is 5.36. The Morgan fingerprint density at radius 1 is 1.32 bits per heavy atom. The van der Waals surface area contributed by atoms with Crippen LogP contribution in [0.4, 0.5) is 18.9 Å². The highest BCUT2D eigenvalue weighted by atomic mass is 19.4. The van der Waals surface area contributed by atoms with Gasteiger partial charge in [0.15, 0.2) is 0 Å².